The fourth-order valence-corrected chi connectivity index (χ4v) is 4.23. The topological polar surface area (TPSA) is 96.3 Å². The van der Waals surface area contributed by atoms with Crippen LogP contribution < -0.4 is 4.74 Å². The number of hydrogen-bond donors (Lipinski definition) is 2. The van der Waals surface area contributed by atoms with Gasteiger partial charge in [-0.1, -0.05) is 35.3 Å². The SMILES string of the molecule is COc1c(Cl)cc(/C(O)=C2\C(=O)C(=O)N(CCOC(C)C)C2c2cccc(O)c2)cc1Cl. The molecule has 0 saturated carbocycles. The van der Waals surface area contributed by atoms with Gasteiger partial charge in [0.2, 0.25) is 0 Å². The highest BCUT2D eigenvalue weighted by Gasteiger charge is 2.46. The van der Waals surface area contributed by atoms with E-state index in [2.05, 4.69) is 0 Å². The molecule has 1 aliphatic heterocycles. The Morgan fingerprint density at radius 3 is 2.38 bits per heavy atom. The van der Waals surface area contributed by atoms with E-state index in [0.29, 0.717) is 5.56 Å². The number of benzene rings is 2. The summed E-state index contributed by atoms with van der Waals surface area (Å²) < 4.78 is 10.7. The average Bonchev–Trinajstić information content (AvgIpc) is 2.97. The summed E-state index contributed by atoms with van der Waals surface area (Å²) in [6.07, 6.45) is -0.0605. The van der Waals surface area contributed by atoms with Crippen molar-refractivity contribution in [2.45, 2.75) is 26.0 Å². The van der Waals surface area contributed by atoms with E-state index in [1.807, 2.05) is 13.8 Å². The number of aromatic hydroxyl groups is 1. The van der Waals surface area contributed by atoms with E-state index >= 15 is 0 Å². The Balaban J connectivity index is 2.15. The molecular formula is C23H23Cl2NO6. The minimum atomic E-state index is -0.933. The molecule has 0 bridgehead atoms. The molecule has 3 rings (SSSR count). The molecule has 0 spiro atoms. The van der Waals surface area contributed by atoms with Crippen LogP contribution in [0.4, 0.5) is 0 Å². The van der Waals surface area contributed by atoms with Gasteiger partial charge in [-0.3, -0.25) is 9.59 Å². The molecule has 1 aliphatic rings. The zero-order chi connectivity index (χ0) is 23.6. The maximum Gasteiger partial charge on any atom is 0.295 e. The molecule has 1 unspecified atom stereocenters. The van der Waals surface area contributed by atoms with Gasteiger partial charge in [0.25, 0.3) is 11.7 Å². The molecule has 9 heteroatoms. The van der Waals surface area contributed by atoms with Gasteiger partial charge in [-0.05, 0) is 43.7 Å². The van der Waals surface area contributed by atoms with E-state index < -0.39 is 23.5 Å². The summed E-state index contributed by atoms with van der Waals surface area (Å²) in [5.41, 5.74) is 0.478. The number of carbonyl (C=O) groups excluding carboxylic acids is 2. The van der Waals surface area contributed by atoms with E-state index in [9.17, 15) is 19.8 Å². The van der Waals surface area contributed by atoms with Gasteiger partial charge >= 0.3 is 0 Å². The fraction of sp³-hybridized carbons (Fsp3) is 0.304. The highest BCUT2D eigenvalue weighted by molar-refractivity contribution is 6.46. The predicted octanol–water partition coefficient (Wildman–Crippen LogP) is 4.55. The number of nitrogens with zero attached hydrogens (tertiary/aromatic N) is 1. The number of amides is 1. The van der Waals surface area contributed by atoms with E-state index in [4.69, 9.17) is 32.7 Å². The molecule has 0 aromatic heterocycles. The highest BCUT2D eigenvalue weighted by atomic mass is 35.5. The molecule has 7 nitrogen and oxygen atoms in total. The highest BCUT2D eigenvalue weighted by Crippen LogP contribution is 2.42. The second-order valence-electron chi connectivity index (χ2n) is 7.48. The van der Waals surface area contributed by atoms with Crippen molar-refractivity contribution >= 4 is 40.7 Å². The Morgan fingerprint density at radius 2 is 1.81 bits per heavy atom. The van der Waals surface area contributed by atoms with Crippen LogP contribution in [0.5, 0.6) is 11.5 Å². The van der Waals surface area contributed by atoms with E-state index in [0.717, 1.165) is 0 Å². The summed E-state index contributed by atoms with van der Waals surface area (Å²) in [6.45, 7) is 4.03. The van der Waals surface area contributed by atoms with Crippen LogP contribution in [0.3, 0.4) is 0 Å². The molecule has 2 aromatic rings. The predicted molar refractivity (Wildman–Crippen MR) is 121 cm³/mol. The Kier molecular flexibility index (Phi) is 7.33. The van der Waals surface area contributed by atoms with Crippen LogP contribution in [0.1, 0.15) is 31.0 Å². The summed E-state index contributed by atoms with van der Waals surface area (Å²) in [7, 11) is 1.40. The number of methoxy groups -OCH3 is 1. The van der Waals surface area contributed by atoms with Crippen molar-refractivity contribution < 1.29 is 29.3 Å². The molecule has 1 fully saturated rings. The summed E-state index contributed by atoms with van der Waals surface area (Å²) >= 11 is 12.4. The number of halogens is 2. The minimum absolute atomic E-state index is 0.0398. The maximum absolute atomic E-state index is 13.0. The maximum atomic E-state index is 13.0. The van der Waals surface area contributed by atoms with Gasteiger partial charge in [0, 0.05) is 12.1 Å². The lowest BCUT2D eigenvalue weighted by molar-refractivity contribution is -0.140. The van der Waals surface area contributed by atoms with Gasteiger partial charge in [0.05, 0.1) is 41.5 Å². The summed E-state index contributed by atoms with van der Waals surface area (Å²) in [5, 5.41) is 21.3. The zero-order valence-corrected chi connectivity index (χ0v) is 19.3. The number of carbonyl (C=O) groups is 2. The van der Waals surface area contributed by atoms with Crippen LogP contribution in [0.2, 0.25) is 10.0 Å². The van der Waals surface area contributed by atoms with Gasteiger partial charge in [-0.2, -0.15) is 0 Å². The number of phenols is 1. The number of ether oxygens (including phenoxy) is 2. The van der Waals surface area contributed by atoms with Crippen LogP contribution in [-0.2, 0) is 14.3 Å². The molecule has 1 amide bonds. The second-order valence-corrected chi connectivity index (χ2v) is 8.29. The molecule has 2 N–H and O–H groups in total. The first kappa shape index (κ1) is 23.9. The summed E-state index contributed by atoms with van der Waals surface area (Å²) in [6, 6.07) is 8.03. The molecule has 1 saturated heterocycles. The lowest BCUT2D eigenvalue weighted by Crippen LogP contribution is -2.33. The molecule has 32 heavy (non-hydrogen) atoms. The standard InChI is InChI=1S/C23H23Cl2NO6/c1-12(2)32-8-7-26-19(13-5-4-6-15(27)9-13)18(21(29)23(26)30)20(28)14-10-16(24)22(31-3)17(25)11-14/h4-6,9-12,19,27-28H,7-8H2,1-3H3/b20-18+. The monoisotopic (exact) mass is 479 g/mol. The first-order chi connectivity index (χ1) is 15.1. The zero-order valence-electron chi connectivity index (χ0n) is 17.8. The van der Waals surface area contributed by atoms with E-state index in [-0.39, 0.29) is 51.9 Å². The molecule has 1 atom stereocenters. The van der Waals surface area contributed by atoms with E-state index in [1.54, 1.807) is 12.1 Å². The number of aliphatic hydroxyl groups excluding tert-OH is 1. The van der Waals surface area contributed by atoms with Crippen LogP contribution in [0, 0.1) is 0 Å². The van der Waals surface area contributed by atoms with Gasteiger partial charge in [-0.15, -0.1) is 0 Å². The van der Waals surface area contributed by atoms with Gasteiger partial charge in [-0.25, -0.2) is 0 Å². The largest absolute Gasteiger partial charge is 0.508 e. The van der Waals surface area contributed by atoms with Crippen molar-refractivity contribution in [2.75, 3.05) is 20.3 Å². The number of phenolic OH excluding ortho intramolecular Hbond substituents is 1. The summed E-state index contributed by atoms with van der Waals surface area (Å²) in [4.78, 5) is 27.2. The molecule has 1 heterocycles. The van der Waals surface area contributed by atoms with Crippen LogP contribution in [0.15, 0.2) is 42.0 Å². The average molecular weight is 480 g/mol. The minimum Gasteiger partial charge on any atom is -0.508 e. The van der Waals surface area contributed by atoms with Crippen molar-refractivity contribution in [1.82, 2.24) is 4.90 Å². The van der Waals surface area contributed by atoms with Crippen LogP contribution in [-0.4, -0.2) is 53.2 Å². The Morgan fingerprint density at radius 1 is 1.16 bits per heavy atom. The van der Waals surface area contributed by atoms with Crippen molar-refractivity contribution in [3.05, 3.63) is 63.1 Å². The number of aliphatic hydroxyl groups is 1. The second kappa shape index (κ2) is 9.81. The normalized spacial score (nSPS) is 17.9. The third-order valence-electron chi connectivity index (χ3n) is 4.99. The van der Waals surface area contributed by atoms with Gasteiger partial charge < -0.3 is 24.6 Å². The lowest BCUT2D eigenvalue weighted by Gasteiger charge is -2.25. The van der Waals surface area contributed by atoms with Crippen molar-refractivity contribution in [3.63, 3.8) is 0 Å². The third-order valence-corrected chi connectivity index (χ3v) is 5.55. The van der Waals surface area contributed by atoms with Crippen LogP contribution >= 0.6 is 23.2 Å². The number of ketones is 1. The van der Waals surface area contributed by atoms with Crippen molar-refractivity contribution in [1.29, 1.82) is 0 Å². The molecule has 0 aliphatic carbocycles. The quantitative estimate of drug-likeness (QED) is 0.343. The number of rotatable bonds is 7. The first-order valence-electron chi connectivity index (χ1n) is 9.88. The lowest BCUT2D eigenvalue weighted by atomic mass is 9.95. The Hall–Kier alpha value is -2.74. The van der Waals surface area contributed by atoms with Gasteiger partial charge in [0.1, 0.15) is 11.5 Å². The summed E-state index contributed by atoms with van der Waals surface area (Å²) in [5.74, 6) is -1.89. The fourth-order valence-electron chi connectivity index (χ4n) is 3.59. The Labute approximate surface area is 195 Å². The number of likely N-dealkylation sites (tertiary alicyclic amines) is 1. The van der Waals surface area contributed by atoms with Crippen molar-refractivity contribution in [2.24, 2.45) is 0 Å². The molecule has 0 radical (unpaired) electrons. The molecule has 170 valence electrons. The Bertz CT molecular complexity index is 1060. The smallest absolute Gasteiger partial charge is 0.295 e. The van der Waals surface area contributed by atoms with Crippen LogP contribution in [0.25, 0.3) is 5.76 Å². The molecular weight excluding hydrogens is 457 g/mol. The number of hydrogen-bond acceptors (Lipinski definition) is 6. The van der Waals surface area contributed by atoms with Gasteiger partial charge in [0.15, 0.2) is 5.75 Å². The molecule has 2 aromatic carbocycles. The third kappa shape index (κ3) is 4.70. The van der Waals surface area contributed by atoms with Crippen molar-refractivity contribution in [3.8, 4) is 11.5 Å². The van der Waals surface area contributed by atoms with E-state index in [1.165, 1.54) is 36.3 Å². The number of Topliss-reactive ketones (excluding diaryl/α,β-unsaturated/α-hetero) is 1. The first-order valence-corrected chi connectivity index (χ1v) is 10.6.